The number of carbonyl (C=O) groups excluding carboxylic acids is 3. The summed E-state index contributed by atoms with van der Waals surface area (Å²) in [6, 6.07) is 20.7. The summed E-state index contributed by atoms with van der Waals surface area (Å²) in [4.78, 5) is 45.0. The van der Waals surface area contributed by atoms with Crippen molar-refractivity contribution in [3.63, 3.8) is 0 Å². The summed E-state index contributed by atoms with van der Waals surface area (Å²) in [7, 11) is 3.02. The number of benzene rings is 3. The zero-order chi connectivity index (χ0) is 37.3. The van der Waals surface area contributed by atoms with E-state index in [2.05, 4.69) is 15.2 Å². The van der Waals surface area contributed by atoms with Crippen molar-refractivity contribution in [2.75, 3.05) is 40.5 Å². The Bertz CT molecular complexity index is 1880. The summed E-state index contributed by atoms with van der Waals surface area (Å²) < 4.78 is 28.1. The number of fused-ring (bicyclic) bond motifs is 3. The fourth-order valence-electron chi connectivity index (χ4n) is 6.81. The molecule has 3 saturated heterocycles. The molecule has 13 heteroatoms. The minimum absolute atomic E-state index is 0.121. The second kappa shape index (κ2) is 17.9. The maximum atomic E-state index is 13.5. The van der Waals surface area contributed by atoms with Gasteiger partial charge in [0.05, 0.1) is 19.8 Å². The lowest BCUT2D eigenvalue weighted by atomic mass is 9.86. The lowest BCUT2D eigenvalue weighted by Crippen LogP contribution is -2.52. The number of hydrogen-bond acceptors (Lipinski definition) is 10. The highest BCUT2D eigenvalue weighted by Crippen LogP contribution is 2.35. The Hall–Kier alpha value is -4.68. The molecule has 3 aromatic carbocycles. The number of carbonyl (C=O) groups is 3. The van der Waals surface area contributed by atoms with Gasteiger partial charge in [0.25, 0.3) is 0 Å². The third kappa shape index (κ3) is 9.66. The largest absolute Gasteiger partial charge is 0.493 e. The van der Waals surface area contributed by atoms with E-state index in [1.54, 1.807) is 48.8 Å². The molecule has 3 fully saturated rings. The van der Waals surface area contributed by atoms with Gasteiger partial charge in [0, 0.05) is 25.1 Å². The van der Waals surface area contributed by atoms with Crippen LogP contribution in [0, 0.1) is 5.92 Å². The SMILES string of the molecule is COc1ccc(C(Cc2c(Cl)c[nH+]cc2Cl)OC(=O)COC(=O)c2cccc(CNC(C(=O)O[C@H]3CN4CCC3CC4)c3ccccc3)c2)cc1OC. The summed E-state index contributed by atoms with van der Waals surface area (Å²) in [6.07, 6.45) is 4.39. The number of nitrogens with one attached hydrogen (secondary N) is 2. The number of ether oxygens (including phenoxy) is 5. The number of piperidine rings is 3. The number of nitrogens with zero attached hydrogens (tertiary/aromatic N) is 1. The van der Waals surface area contributed by atoms with Gasteiger partial charge >= 0.3 is 17.9 Å². The average Bonchev–Trinajstić information content (AvgIpc) is 3.18. The van der Waals surface area contributed by atoms with Gasteiger partial charge < -0.3 is 23.7 Å². The number of hydrogen-bond donors (Lipinski definition) is 1. The molecular formula is C40H42Cl2N3O8+. The number of aromatic amines is 1. The lowest BCUT2D eigenvalue weighted by molar-refractivity contribution is -0.377. The van der Waals surface area contributed by atoms with Crippen molar-refractivity contribution >= 4 is 41.1 Å². The van der Waals surface area contributed by atoms with E-state index < -0.39 is 30.7 Å². The fraction of sp³-hybridized carbons (Fsp3) is 0.350. The second-order valence-electron chi connectivity index (χ2n) is 13.0. The molecule has 278 valence electrons. The van der Waals surface area contributed by atoms with Crippen molar-refractivity contribution in [1.82, 2.24) is 10.2 Å². The highest BCUT2D eigenvalue weighted by Gasteiger charge is 2.38. The molecule has 0 saturated carbocycles. The van der Waals surface area contributed by atoms with Crippen LogP contribution >= 0.6 is 23.2 Å². The van der Waals surface area contributed by atoms with E-state index in [1.165, 1.54) is 14.2 Å². The maximum Gasteiger partial charge on any atom is 0.344 e. The first-order valence-electron chi connectivity index (χ1n) is 17.4. The van der Waals surface area contributed by atoms with Crippen LogP contribution in [-0.4, -0.2) is 69.4 Å². The van der Waals surface area contributed by atoms with Gasteiger partial charge in [-0.05, 0) is 72.8 Å². The van der Waals surface area contributed by atoms with Crippen molar-refractivity contribution in [1.29, 1.82) is 0 Å². The molecule has 53 heavy (non-hydrogen) atoms. The number of esters is 3. The number of methoxy groups -OCH3 is 2. The van der Waals surface area contributed by atoms with E-state index in [9.17, 15) is 14.4 Å². The molecule has 4 heterocycles. The molecule has 7 rings (SSSR count). The van der Waals surface area contributed by atoms with Crippen LogP contribution in [0.4, 0.5) is 0 Å². The van der Waals surface area contributed by atoms with Crippen LogP contribution in [0.3, 0.4) is 0 Å². The predicted octanol–water partition coefficient (Wildman–Crippen LogP) is 5.98. The zero-order valence-corrected chi connectivity index (χ0v) is 31.0. The van der Waals surface area contributed by atoms with Gasteiger partial charge in [-0.2, -0.15) is 0 Å². The normalized spacial score (nSPS) is 18.8. The summed E-state index contributed by atoms with van der Waals surface area (Å²) in [5, 5.41) is 4.05. The molecule has 2 bridgehead atoms. The third-order valence-electron chi connectivity index (χ3n) is 9.67. The van der Waals surface area contributed by atoms with Crippen LogP contribution in [-0.2, 0) is 36.8 Å². The van der Waals surface area contributed by atoms with Gasteiger partial charge in [-0.15, -0.1) is 0 Å². The summed E-state index contributed by atoms with van der Waals surface area (Å²) >= 11 is 12.9. The van der Waals surface area contributed by atoms with E-state index in [4.69, 9.17) is 46.9 Å². The van der Waals surface area contributed by atoms with Crippen LogP contribution in [0.2, 0.25) is 10.0 Å². The summed E-state index contributed by atoms with van der Waals surface area (Å²) in [6.45, 7) is 2.50. The Morgan fingerprint density at radius 3 is 2.30 bits per heavy atom. The lowest BCUT2D eigenvalue weighted by Gasteiger charge is -2.44. The van der Waals surface area contributed by atoms with Crippen LogP contribution in [0.5, 0.6) is 11.5 Å². The summed E-state index contributed by atoms with van der Waals surface area (Å²) in [5.74, 6) is -0.498. The van der Waals surface area contributed by atoms with E-state index in [1.807, 2.05) is 36.4 Å². The highest BCUT2D eigenvalue weighted by molar-refractivity contribution is 6.35. The second-order valence-corrected chi connectivity index (χ2v) is 13.9. The van der Waals surface area contributed by atoms with Gasteiger partial charge in [0.2, 0.25) is 0 Å². The van der Waals surface area contributed by atoms with E-state index in [-0.39, 0.29) is 30.6 Å². The van der Waals surface area contributed by atoms with Gasteiger partial charge in [-0.25, -0.2) is 19.4 Å². The minimum atomic E-state index is -0.858. The van der Waals surface area contributed by atoms with Crippen LogP contribution in [0.15, 0.2) is 85.2 Å². The first kappa shape index (κ1) is 38.1. The first-order valence-corrected chi connectivity index (χ1v) is 18.2. The van der Waals surface area contributed by atoms with Gasteiger partial charge in [-0.1, -0.05) is 71.7 Å². The van der Waals surface area contributed by atoms with E-state index in [0.29, 0.717) is 38.6 Å². The molecule has 11 nitrogen and oxygen atoms in total. The molecule has 2 unspecified atom stereocenters. The molecule has 0 spiro atoms. The van der Waals surface area contributed by atoms with Crippen LogP contribution in [0.25, 0.3) is 0 Å². The van der Waals surface area contributed by atoms with Crippen molar-refractivity contribution in [3.05, 3.63) is 123 Å². The number of H-pyrrole nitrogens is 1. The van der Waals surface area contributed by atoms with Gasteiger partial charge in [0.1, 0.15) is 28.3 Å². The summed E-state index contributed by atoms with van der Waals surface area (Å²) in [5.41, 5.74) is 2.90. The van der Waals surface area contributed by atoms with Crippen molar-refractivity contribution < 1.29 is 43.1 Å². The first-order chi connectivity index (χ1) is 25.7. The molecule has 2 N–H and O–H groups in total. The number of rotatable bonds is 15. The van der Waals surface area contributed by atoms with Crippen LogP contribution in [0.1, 0.15) is 57.6 Å². The molecule has 0 radical (unpaired) electrons. The Balaban J connectivity index is 1.09. The molecule has 3 atom stereocenters. The quantitative estimate of drug-likeness (QED) is 0.114. The Kier molecular flexibility index (Phi) is 12.9. The maximum absolute atomic E-state index is 13.5. The number of pyridine rings is 1. The molecule has 1 aromatic heterocycles. The smallest absolute Gasteiger partial charge is 0.344 e. The molecule has 0 aliphatic carbocycles. The highest BCUT2D eigenvalue weighted by atomic mass is 35.5. The fourth-order valence-corrected chi connectivity index (χ4v) is 7.34. The molecular weight excluding hydrogens is 721 g/mol. The Labute approximate surface area is 318 Å². The predicted molar refractivity (Wildman–Crippen MR) is 197 cm³/mol. The molecule has 4 aromatic rings. The zero-order valence-electron chi connectivity index (χ0n) is 29.5. The Morgan fingerprint density at radius 2 is 1.62 bits per heavy atom. The van der Waals surface area contributed by atoms with Gasteiger partial charge in [0.15, 0.2) is 30.5 Å². The van der Waals surface area contributed by atoms with Crippen molar-refractivity contribution in [2.24, 2.45) is 5.92 Å². The standard InChI is InChI=1S/C40H41Cl2N3O8/c1-49-33-12-11-28(18-35(33)50-2)34(19-30-31(41)21-43-22-32(30)42)52-37(46)24-51-39(47)29-10-6-7-25(17-29)20-44-38(27-8-4-3-5-9-27)40(48)53-36-23-45-15-13-26(36)14-16-45/h3-12,17-18,21-22,26,34,36,38,44H,13-16,19-20,23-24H2,1-2H3/p+1/t34?,36-,38?/m0/s1. The third-order valence-corrected chi connectivity index (χ3v) is 10.3. The minimum Gasteiger partial charge on any atom is -0.493 e. The van der Waals surface area contributed by atoms with Crippen LogP contribution < -0.4 is 19.8 Å². The topological polar surface area (TPSA) is 127 Å². The monoisotopic (exact) mass is 762 g/mol. The van der Waals surface area contributed by atoms with Gasteiger partial charge in [-0.3, -0.25) is 10.2 Å². The van der Waals surface area contributed by atoms with Crippen molar-refractivity contribution in [2.45, 2.75) is 44.1 Å². The Morgan fingerprint density at radius 1 is 0.887 bits per heavy atom. The number of halogens is 2. The molecule has 0 amide bonds. The average molecular weight is 764 g/mol. The molecule has 3 aliphatic rings. The van der Waals surface area contributed by atoms with Crippen molar-refractivity contribution in [3.8, 4) is 11.5 Å². The molecule has 3 aliphatic heterocycles. The number of aromatic nitrogens is 1. The van der Waals surface area contributed by atoms with E-state index in [0.717, 1.165) is 43.6 Å². The van der Waals surface area contributed by atoms with E-state index >= 15 is 0 Å².